The van der Waals surface area contributed by atoms with Gasteiger partial charge < -0.3 is 9.13 Å². The van der Waals surface area contributed by atoms with Crippen LogP contribution in [0.3, 0.4) is 0 Å². The number of nitrogens with zero attached hydrogens (tertiary/aromatic N) is 13. The molecule has 0 saturated carbocycles. The first-order chi connectivity index (χ1) is 67.9. The summed E-state index contributed by atoms with van der Waals surface area (Å²) in [7, 11) is 0. The second-order valence-corrected chi connectivity index (χ2v) is 33.7. The number of para-hydroxylation sites is 6. The summed E-state index contributed by atoms with van der Waals surface area (Å²) >= 11 is 0. The molecule has 26 rings (SSSR count). The maximum absolute atomic E-state index is 5.27. The Hall–Kier alpha value is -18.7. The fourth-order valence-corrected chi connectivity index (χ4v) is 18.7. The Balaban J connectivity index is 0.000000114. The lowest BCUT2D eigenvalue weighted by Crippen LogP contribution is -2.07. The van der Waals surface area contributed by atoms with E-state index in [9.17, 15) is 0 Å². The number of fused-ring (bicyclic) bond motifs is 12. The van der Waals surface area contributed by atoms with Crippen LogP contribution in [0.4, 0.5) is 0 Å². The lowest BCUT2D eigenvalue weighted by Gasteiger charge is -2.13. The molecule has 8 heterocycles. The van der Waals surface area contributed by atoms with Crippen molar-refractivity contribution in [2.45, 2.75) is 0 Å². The summed E-state index contributed by atoms with van der Waals surface area (Å²) in [5, 5.41) is 10.8. The van der Waals surface area contributed by atoms with Crippen LogP contribution in [-0.4, -0.2) is 63.5 Å². The van der Waals surface area contributed by atoms with Crippen molar-refractivity contribution in [3.05, 3.63) is 491 Å². The van der Waals surface area contributed by atoms with Gasteiger partial charge >= 0.3 is 0 Å². The summed E-state index contributed by atoms with van der Waals surface area (Å²) in [4.78, 5) is 51.3. The van der Waals surface area contributed by atoms with Crippen molar-refractivity contribution in [1.82, 2.24) is 63.5 Å². The third kappa shape index (κ3) is 15.9. The molecule has 0 atom stereocenters. The van der Waals surface area contributed by atoms with E-state index in [4.69, 9.17) is 49.8 Å². The molecule has 26 aromatic rings. The highest BCUT2D eigenvalue weighted by atomic mass is 15.2. The largest absolute Gasteiger partial charge is 0.309 e. The molecule has 13 heteroatoms. The average molecular weight is 1750 g/mol. The van der Waals surface area contributed by atoms with Gasteiger partial charge in [-0.3, -0.25) is 4.57 Å². The summed E-state index contributed by atoms with van der Waals surface area (Å²) < 4.78 is 6.82. The number of hydrogen-bond acceptors (Lipinski definition) is 10. The zero-order chi connectivity index (χ0) is 90.9. The predicted octanol–water partition coefficient (Wildman–Crippen LogP) is 30.6. The molecule has 0 radical (unpaired) electrons. The SMILES string of the molecule is c1ccc(-c2cc(-c3ccccc3)nc(-c3cc(-c4nc(-c5ccccc5)cc(-c5ccccc5)n4)nc(-n4c5ccccc5c5ccccc54)n3)n2)cc1.c1ccc(-c2cc(-c3ccccc3)nc(-c3ccc(-n4c5ccccc5c5ccc6ccccc6c54)cc3)n2)cc1.c1ccc(-c2ccc(-c3nc(-c4ccc(-n5c6ccccc6c6ccccc65)cc4)nc4ccccc34)cc2)cc1. The van der Waals surface area contributed by atoms with Crippen LogP contribution in [0.2, 0.25) is 0 Å². The average Bonchev–Trinajstić information content (AvgIpc) is 1.58. The van der Waals surface area contributed by atoms with Crippen LogP contribution in [0.1, 0.15) is 0 Å². The lowest BCUT2D eigenvalue weighted by molar-refractivity contribution is 0.976. The number of hydrogen-bond donors (Lipinski definition) is 0. The van der Waals surface area contributed by atoms with Gasteiger partial charge in [-0.15, -0.1) is 0 Å². The molecule has 0 fully saturated rings. The highest BCUT2D eigenvalue weighted by molar-refractivity contribution is 6.19. The zero-order valence-corrected chi connectivity index (χ0v) is 74.1. The number of rotatable bonds is 15. The van der Waals surface area contributed by atoms with Gasteiger partial charge in [0, 0.05) is 105 Å². The molecule has 0 amide bonds. The van der Waals surface area contributed by atoms with Crippen LogP contribution >= 0.6 is 0 Å². The summed E-state index contributed by atoms with van der Waals surface area (Å²) in [6.07, 6.45) is 0. The fourth-order valence-electron chi connectivity index (χ4n) is 18.7. The Morgan fingerprint density at radius 2 is 0.423 bits per heavy atom. The van der Waals surface area contributed by atoms with E-state index in [1.807, 2.05) is 158 Å². The minimum Gasteiger partial charge on any atom is -0.309 e. The van der Waals surface area contributed by atoms with Crippen LogP contribution < -0.4 is 0 Å². The van der Waals surface area contributed by atoms with Crippen molar-refractivity contribution in [3.63, 3.8) is 0 Å². The van der Waals surface area contributed by atoms with E-state index >= 15 is 0 Å². The van der Waals surface area contributed by atoms with E-state index in [1.165, 1.54) is 65.5 Å². The highest BCUT2D eigenvalue weighted by Gasteiger charge is 2.25. The molecule has 0 spiro atoms. The molecule has 0 aliphatic heterocycles. The van der Waals surface area contributed by atoms with Crippen molar-refractivity contribution in [3.8, 4) is 153 Å². The molecule has 18 aromatic carbocycles. The summed E-state index contributed by atoms with van der Waals surface area (Å²) in [6.45, 7) is 0. The fraction of sp³-hybridized carbons (Fsp3) is 0. The third-order valence-corrected chi connectivity index (χ3v) is 25.3. The predicted molar refractivity (Wildman–Crippen MR) is 561 cm³/mol. The second-order valence-electron chi connectivity index (χ2n) is 33.7. The van der Waals surface area contributed by atoms with E-state index in [-0.39, 0.29) is 0 Å². The molecule has 0 N–H and O–H groups in total. The molecule has 0 aliphatic rings. The highest BCUT2D eigenvalue weighted by Crippen LogP contribution is 2.42. The van der Waals surface area contributed by atoms with Gasteiger partial charge in [0.1, 0.15) is 11.4 Å². The first-order valence-corrected chi connectivity index (χ1v) is 45.8. The van der Waals surface area contributed by atoms with Crippen LogP contribution in [0.15, 0.2) is 491 Å². The maximum atomic E-state index is 5.27. The molecular weight excluding hydrogens is 1670 g/mol. The standard InChI is InChI=1S/C48H31N7.2C38H25N3/c1-5-17-32(18-6-1)38-29-39(33-19-7-2-8-20-33)50-46(49-38)42-31-43(54-48(53-42)55-44-27-15-13-25-36(44)37-26-14-16-28-45(37)55)47-51-40(34-21-9-3-10-22-34)30-41(52-47)35-23-11-4-12-24-35;1-3-12-27(13-4-1)34-25-35(28-14-5-2-6-15-28)40-38(39-34)29-19-22-30(23-20-29)41-36-18-10-9-17-32(36)33-24-21-26-11-7-8-16-31(26)37(33)41;1-2-10-26(11-3-1)27-18-20-28(21-19-27)37-33-14-4-7-15-34(33)39-38(40-37)29-22-24-30(25-23-29)41-35-16-8-5-12-31(35)32-13-6-9-17-36(32)41/h1-31H;2*1-25H. The third-order valence-electron chi connectivity index (χ3n) is 25.3. The van der Waals surface area contributed by atoms with E-state index in [0.29, 0.717) is 34.8 Å². The van der Waals surface area contributed by atoms with Crippen LogP contribution in [0.25, 0.3) is 240 Å². The Morgan fingerprint density at radius 3 is 0.825 bits per heavy atom. The smallest absolute Gasteiger partial charge is 0.236 e. The van der Waals surface area contributed by atoms with Crippen molar-refractivity contribution < 1.29 is 0 Å². The summed E-state index contributed by atoms with van der Waals surface area (Å²) in [5.41, 5.74) is 28.5. The first-order valence-electron chi connectivity index (χ1n) is 45.8. The topological polar surface area (TPSA) is 144 Å². The summed E-state index contributed by atoms with van der Waals surface area (Å²) in [5.74, 6) is 2.83. The number of aromatic nitrogens is 13. The molecule has 0 saturated heterocycles. The molecule has 642 valence electrons. The van der Waals surface area contributed by atoms with E-state index in [0.717, 1.165) is 140 Å². The van der Waals surface area contributed by atoms with Crippen LogP contribution in [-0.2, 0) is 0 Å². The lowest BCUT2D eigenvalue weighted by atomic mass is 10.0. The Morgan fingerprint density at radius 1 is 0.146 bits per heavy atom. The minimum atomic E-state index is 0.466. The Bertz CT molecular complexity index is 8550. The number of benzene rings is 18. The van der Waals surface area contributed by atoms with Gasteiger partial charge in [0.25, 0.3) is 0 Å². The summed E-state index contributed by atoms with van der Waals surface area (Å²) in [6, 6.07) is 169. The molecule has 0 unspecified atom stereocenters. The van der Waals surface area contributed by atoms with E-state index < -0.39 is 0 Å². The van der Waals surface area contributed by atoms with Gasteiger partial charge in [-0.25, -0.2) is 49.8 Å². The van der Waals surface area contributed by atoms with Gasteiger partial charge in [-0.2, -0.15) is 0 Å². The normalized spacial score (nSPS) is 11.4. The van der Waals surface area contributed by atoms with Gasteiger partial charge in [0.15, 0.2) is 23.3 Å². The molecule has 13 nitrogen and oxygen atoms in total. The van der Waals surface area contributed by atoms with Crippen molar-refractivity contribution in [1.29, 1.82) is 0 Å². The maximum Gasteiger partial charge on any atom is 0.236 e. The molecule has 137 heavy (non-hydrogen) atoms. The molecule has 8 aromatic heterocycles. The quantitative estimate of drug-likeness (QED) is 0.0973. The van der Waals surface area contributed by atoms with Gasteiger partial charge in [-0.05, 0) is 126 Å². The van der Waals surface area contributed by atoms with Crippen LogP contribution in [0, 0.1) is 0 Å². The van der Waals surface area contributed by atoms with Crippen molar-refractivity contribution in [2.24, 2.45) is 0 Å². The second kappa shape index (κ2) is 35.9. The Kier molecular flexibility index (Phi) is 21.3. The van der Waals surface area contributed by atoms with E-state index in [1.54, 1.807) is 0 Å². The van der Waals surface area contributed by atoms with Gasteiger partial charge in [0.05, 0.1) is 78.5 Å². The monoisotopic (exact) mass is 1750 g/mol. The molecule has 0 aliphatic carbocycles. The van der Waals surface area contributed by atoms with Gasteiger partial charge in [0.2, 0.25) is 5.95 Å². The molecular formula is C124H81N13. The zero-order valence-electron chi connectivity index (χ0n) is 74.1. The minimum absolute atomic E-state index is 0.466. The Labute approximate surface area is 789 Å². The first kappa shape index (κ1) is 81.5. The van der Waals surface area contributed by atoms with Crippen molar-refractivity contribution in [2.75, 3.05) is 0 Å². The van der Waals surface area contributed by atoms with E-state index in [2.05, 4.69) is 347 Å². The van der Waals surface area contributed by atoms with Gasteiger partial charge in [-0.1, -0.05) is 382 Å². The molecule has 0 bridgehead atoms. The van der Waals surface area contributed by atoms with Crippen LogP contribution in [0.5, 0.6) is 0 Å². The van der Waals surface area contributed by atoms with Crippen molar-refractivity contribution >= 4 is 87.1 Å².